The molecule has 0 aliphatic carbocycles. The highest BCUT2D eigenvalue weighted by molar-refractivity contribution is 6.33. The number of pyridine rings is 1. The fourth-order valence-corrected chi connectivity index (χ4v) is 2.69. The third-order valence-corrected chi connectivity index (χ3v) is 4.20. The molecule has 26 heavy (non-hydrogen) atoms. The lowest BCUT2D eigenvalue weighted by molar-refractivity contribution is -0.137. The van der Waals surface area contributed by atoms with Crippen molar-refractivity contribution in [1.82, 2.24) is 4.98 Å². The van der Waals surface area contributed by atoms with Crippen LogP contribution in [0.15, 0.2) is 35.6 Å². The van der Waals surface area contributed by atoms with Gasteiger partial charge in [-0.15, -0.1) is 0 Å². The van der Waals surface area contributed by atoms with E-state index in [0.29, 0.717) is 24.8 Å². The largest absolute Gasteiger partial charge is 0.417 e. The predicted octanol–water partition coefficient (Wildman–Crippen LogP) is 4.47. The van der Waals surface area contributed by atoms with Crippen molar-refractivity contribution in [2.24, 2.45) is 5.10 Å². The Kier molecular flexibility index (Phi) is 4.86. The third-order valence-electron chi connectivity index (χ3n) is 3.92. The Morgan fingerprint density at radius 3 is 2.77 bits per heavy atom. The molecule has 1 aromatic carbocycles. The summed E-state index contributed by atoms with van der Waals surface area (Å²) >= 11 is 5.84. The first-order valence-electron chi connectivity index (χ1n) is 7.70. The van der Waals surface area contributed by atoms with E-state index in [1.54, 1.807) is 19.1 Å². The van der Waals surface area contributed by atoms with Crippen LogP contribution in [-0.4, -0.2) is 16.6 Å². The van der Waals surface area contributed by atoms with Crippen LogP contribution in [-0.2, 0) is 17.4 Å². The Balaban J connectivity index is 1.78. The molecule has 0 bridgehead atoms. The number of halogens is 4. The summed E-state index contributed by atoms with van der Waals surface area (Å²) < 4.78 is 37.9. The summed E-state index contributed by atoms with van der Waals surface area (Å²) in [6, 6.07) is 6.30. The van der Waals surface area contributed by atoms with E-state index in [4.69, 9.17) is 11.6 Å². The summed E-state index contributed by atoms with van der Waals surface area (Å²) in [4.78, 5) is 15.1. The number of carbonyl (C=O) groups is 1. The molecule has 1 aliphatic rings. The first-order chi connectivity index (χ1) is 12.2. The Morgan fingerprint density at radius 1 is 1.31 bits per heavy atom. The number of alkyl halides is 3. The molecule has 0 saturated carbocycles. The van der Waals surface area contributed by atoms with Crippen LogP contribution in [0, 0.1) is 0 Å². The number of aromatic nitrogens is 1. The van der Waals surface area contributed by atoms with E-state index in [1.165, 1.54) is 0 Å². The van der Waals surface area contributed by atoms with Gasteiger partial charge in [0.2, 0.25) is 5.91 Å². The zero-order valence-corrected chi connectivity index (χ0v) is 14.4. The van der Waals surface area contributed by atoms with Gasteiger partial charge >= 0.3 is 6.18 Å². The number of hydrogen-bond acceptors (Lipinski definition) is 4. The minimum atomic E-state index is -4.51. The molecule has 0 radical (unpaired) electrons. The van der Waals surface area contributed by atoms with Crippen LogP contribution in [0.5, 0.6) is 0 Å². The van der Waals surface area contributed by atoms with Gasteiger partial charge in [0.1, 0.15) is 0 Å². The molecule has 1 aromatic heterocycles. The second-order valence-electron chi connectivity index (χ2n) is 5.78. The average molecular weight is 383 g/mol. The zero-order chi connectivity index (χ0) is 18.9. The number of amides is 1. The molecule has 3 rings (SSSR count). The van der Waals surface area contributed by atoms with Crippen molar-refractivity contribution in [3.63, 3.8) is 0 Å². The molecule has 0 unspecified atom stereocenters. The number of benzene rings is 1. The number of nitrogens with zero attached hydrogens (tertiary/aromatic N) is 2. The van der Waals surface area contributed by atoms with Gasteiger partial charge in [0, 0.05) is 18.3 Å². The van der Waals surface area contributed by atoms with E-state index in [0.717, 1.165) is 22.9 Å². The van der Waals surface area contributed by atoms with Crippen molar-refractivity contribution in [1.29, 1.82) is 0 Å². The molecule has 2 aromatic rings. The van der Waals surface area contributed by atoms with Gasteiger partial charge in [0.25, 0.3) is 0 Å². The van der Waals surface area contributed by atoms with Crippen LogP contribution >= 0.6 is 11.6 Å². The van der Waals surface area contributed by atoms with Gasteiger partial charge in [-0.3, -0.25) is 10.2 Å². The number of hydrazone groups is 1. The Bertz CT molecular complexity index is 896. The Morgan fingerprint density at radius 2 is 2.08 bits per heavy atom. The summed E-state index contributed by atoms with van der Waals surface area (Å²) in [7, 11) is 0. The number of nitrogens with one attached hydrogen (secondary N) is 2. The summed E-state index contributed by atoms with van der Waals surface area (Å²) in [6.07, 6.45) is -2.74. The van der Waals surface area contributed by atoms with Crippen LogP contribution in [0.2, 0.25) is 5.02 Å². The highest BCUT2D eigenvalue weighted by atomic mass is 35.5. The molecule has 2 heterocycles. The Labute approximate surface area is 152 Å². The minimum absolute atomic E-state index is 0.0136. The quantitative estimate of drug-likeness (QED) is 0.607. The summed E-state index contributed by atoms with van der Waals surface area (Å²) in [5, 5.41) is 6.75. The van der Waals surface area contributed by atoms with Gasteiger partial charge in [-0.1, -0.05) is 17.7 Å². The summed E-state index contributed by atoms with van der Waals surface area (Å²) in [5.41, 5.74) is 4.85. The van der Waals surface area contributed by atoms with Crippen molar-refractivity contribution in [2.45, 2.75) is 25.9 Å². The number of aryl methyl sites for hydroxylation is 1. The number of anilines is 2. The smallest absolute Gasteiger partial charge is 0.326 e. The fraction of sp³-hybridized carbons (Fsp3) is 0.235. The van der Waals surface area contributed by atoms with E-state index >= 15 is 0 Å². The number of hydrogen-bond donors (Lipinski definition) is 2. The van der Waals surface area contributed by atoms with Gasteiger partial charge in [-0.05, 0) is 42.7 Å². The van der Waals surface area contributed by atoms with Crippen molar-refractivity contribution in [3.05, 3.63) is 52.2 Å². The van der Waals surface area contributed by atoms with Gasteiger partial charge < -0.3 is 5.32 Å². The van der Waals surface area contributed by atoms with E-state index in [1.807, 2.05) is 6.07 Å². The topological polar surface area (TPSA) is 66.4 Å². The molecule has 0 atom stereocenters. The number of carbonyl (C=O) groups excluding carboxylic acids is 1. The monoisotopic (exact) mass is 382 g/mol. The van der Waals surface area contributed by atoms with Crippen LogP contribution in [0.1, 0.15) is 30.0 Å². The van der Waals surface area contributed by atoms with Crippen molar-refractivity contribution < 1.29 is 18.0 Å². The van der Waals surface area contributed by atoms with Gasteiger partial charge in [0.05, 0.1) is 16.3 Å². The van der Waals surface area contributed by atoms with E-state index < -0.39 is 11.7 Å². The molecule has 136 valence electrons. The standard InChI is InChI=1S/C17H14ClF3N4O/c1-9(10-2-4-14-11(6-10)3-5-15(26)23-14)24-25-16-13(18)7-12(8-22-16)17(19,20)21/h2,4,6-8H,3,5H2,1H3,(H,22,25)(H,23,26). The highest BCUT2D eigenvalue weighted by Gasteiger charge is 2.31. The second kappa shape index (κ2) is 6.95. The molecule has 1 amide bonds. The maximum Gasteiger partial charge on any atom is 0.417 e. The SMILES string of the molecule is CC(=NNc1ncc(C(F)(F)F)cc1Cl)c1ccc2c(c1)CCC(=O)N2. The maximum absolute atomic E-state index is 12.6. The highest BCUT2D eigenvalue weighted by Crippen LogP contribution is 2.32. The molecule has 9 heteroatoms. The first-order valence-corrected chi connectivity index (χ1v) is 8.08. The predicted molar refractivity (Wildman–Crippen MR) is 93.5 cm³/mol. The van der Waals surface area contributed by atoms with Crippen LogP contribution in [0.25, 0.3) is 0 Å². The molecular formula is C17H14ClF3N4O. The zero-order valence-electron chi connectivity index (χ0n) is 13.6. The normalized spacial score (nSPS) is 14.7. The van der Waals surface area contributed by atoms with Gasteiger partial charge in [0.15, 0.2) is 5.82 Å². The lowest BCUT2D eigenvalue weighted by Gasteiger charge is -2.17. The van der Waals surface area contributed by atoms with Crippen molar-refractivity contribution >= 4 is 34.7 Å². The molecule has 0 saturated heterocycles. The minimum Gasteiger partial charge on any atom is -0.326 e. The second-order valence-corrected chi connectivity index (χ2v) is 6.19. The average Bonchev–Trinajstić information content (AvgIpc) is 2.59. The molecule has 1 aliphatic heterocycles. The maximum atomic E-state index is 12.6. The molecular weight excluding hydrogens is 369 g/mol. The lowest BCUT2D eigenvalue weighted by Crippen LogP contribution is -2.19. The van der Waals surface area contributed by atoms with Crippen LogP contribution in [0.3, 0.4) is 0 Å². The van der Waals surface area contributed by atoms with E-state index in [9.17, 15) is 18.0 Å². The van der Waals surface area contributed by atoms with Crippen LogP contribution in [0.4, 0.5) is 24.7 Å². The van der Waals surface area contributed by atoms with Crippen LogP contribution < -0.4 is 10.7 Å². The number of fused-ring (bicyclic) bond motifs is 1. The number of rotatable bonds is 3. The Hall–Kier alpha value is -2.61. The van der Waals surface area contributed by atoms with Gasteiger partial charge in [-0.2, -0.15) is 18.3 Å². The fourth-order valence-electron chi connectivity index (χ4n) is 2.49. The van der Waals surface area contributed by atoms with Crippen molar-refractivity contribution in [2.75, 3.05) is 10.7 Å². The third kappa shape index (κ3) is 3.96. The van der Waals surface area contributed by atoms with E-state index in [2.05, 4.69) is 20.8 Å². The summed E-state index contributed by atoms with van der Waals surface area (Å²) in [5.74, 6) is 0.0181. The van der Waals surface area contributed by atoms with Crippen molar-refractivity contribution in [3.8, 4) is 0 Å². The first kappa shape index (κ1) is 18.2. The summed E-state index contributed by atoms with van der Waals surface area (Å²) in [6.45, 7) is 1.74. The molecule has 2 N–H and O–H groups in total. The molecule has 5 nitrogen and oxygen atoms in total. The lowest BCUT2D eigenvalue weighted by atomic mass is 9.99. The molecule has 0 fully saturated rings. The molecule has 0 spiro atoms. The van der Waals surface area contributed by atoms with Gasteiger partial charge in [-0.25, -0.2) is 4.98 Å². The van der Waals surface area contributed by atoms with E-state index in [-0.39, 0.29) is 16.7 Å².